The van der Waals surface area contributed by atoms with Crippen molar-refractivity contribution in [3.63, 3.8) is 0 Å². The molecule has 0 saturated carbocycles. The van der Waals surface area contributed by atoms with Gasteiger partial charge in [-0.05, 0) is 50.2 Å². The zero-order chi connectivity index (χ0) is 18.7. The highest BCUT2D eigenvalue weighted by atomic mass is 35.5. The van der Waals surface area contributed by atoms with Crippen molar-refractivity contribution in [3.05, 3.63) is 59.9 Å². The molecule has 1 aromatic carbocycles. The zero-order valence-electron chi connectivity index (χ0n) is 13.5. The van der Waals surface area contributed by atoms with Gasteiger partial charge in [0.05, 0.1) is 11.1 Å². The van der Waals surface area contributed by atoms with E-state index in [1.165, 1.54) is 12.1 Å². The van der Waals surface area contributed by atoms with Crippen LogP contribution in [0.1, 0.15) is 36.2 Å². The molecule has 5 nitrogen and oxygen atoms in total. The first kappa shape index (κ1) is 19.6. The minimum absolute atomic E-state index is 0.0802. The number of amides is 1. The van der Waals surface area contributed by atoms with Gasteiger partial charge in [0.25, 0.3) is 5.56 Å². The number of aromatic nitrogens is 2. The standard InChI is InChI=1S/C16H16Cl2FN3O2S/c1-7-9(15(24)22-16(25)21-7)3-4-14(23)20-8(2)10-5-13(19)12(18)6-11(10)17/h5-6,8H,3-4H2,1-2H3,(H,20,23)(H2,21,22,24,25)/t8-/m0/s1. The molecule has 1 heterocycles. The summed E-state index contributed by atoms with van der Waals surface area (Å²) < 4.78 is 13.8. The molecule has 1 amide bonds. The van der Waals surface area contributed by atoms with Gasteiger partial charge in [-0.15, -0.1) is 0 Å². The lowest BCUT2D eigenvalue weighted by molar-refractivity contribution is -0.121. The molecule has 2 rings (SSSR count). The summed E-state index contributed by atoms with van der Waals surface area (Å²) in [6.07, 6.45) is 0.334. The van der Waals surface area contributed by atoms with Gasteiger partial charge in [-0.1, -0.05) is 23.2 Å². The summed E-state index contributed by atoms with van der Waals surface area (Å²) in [6, 6.07) is 1.99. The van der Waals surface area contributed by atoms with Crippen molar-refractivity contribution in [2.45, 2.75) is 32.7 Å². The molecule has 0 radical (unpaired) electrons. The van der Waals surface area contributed by atoms with Gasteiger partial charge in [-0.3, -0.25) is 14.6 Å². The van der Waals surface area contributed by atoms with Crippen molar-refractivity contribution < 1.29 is 9.18 Å². The lowest BCUT2D eigenvalue weighted by Crippen LogP contribution is -2.28. The smallest absolute Gasteiger partial charge is 0.255 e. The van der Waals surface area contributed by atoms with E-state index in [-0.39, 0.29) is 39.1 Å². The minimum Gasteiger partial charge on any atom is -0.350 e. The van der Waals surface area contributed by atoms with Crippen LogP contribution < -0.4 is 10.9 Å². The summed E-state index contributed by atoms with van der Waals surface area (Å²) in [5, 5.41) is 2.91. The van der Waals surface area contributed by atoms with Crippen LogP contribution in [0.3, 0.4) is 0 Å². The monoisotopic (exact) mass is 403 g/mol. The third-order valence-corrected chi connectivity index (χ3v) is 4.56. The van der Waals surface area contributed by atoms with Crippen LogP contribution in [0.15, 0.2) is 16.9 Å². The molecule has 1 aromatic heterocycles. The maximum Gasteiger partial charge on any atom is 0.255 e. The summed E-state index contributed by atoms with van der Waals surface area (Å²) in [7, 11) is 0. The molecule has 0 fully saturated rings. The predicted octanol–water partition coefficient (Wildman–Crippen LogP) is 4.00. The van der Waals surface area contributed by atoms with E-state index < -0.39 is 11.9 Å². The molecule has 0 saturated heterocycles. The molecule has 0 aliphatic rings. The van der Waals surface area contributed by atoms with Gasteiger partial charge in [0.2, 0.25) is 5.91 Å². The molecule has 0 spiro atoms. The number of benzene rings is 1. The average molecular weight is 404 g/mol. The topological polar surface area (TPSA) is 77.8 Å². The van der Waals surface area contributed by atoms with Gasteiger partial charge in [0, 0.05) is 22.7 Å². The van der Waals surface area contributed by atoms with E-state index in [0.29, 0.717) is 16.8 Å². The van der Waals surface area contributed by atoms with Crippen LogP contribution in [0.25, 0.3) is 0 Å². The first-order chi connectivity index (χ1) is 11.7. The molecule has 25 heavy (non-hydrogen) atoms. The average Bonchev–Trinajstić information content (AvgIpc) is 2.49. The number of hydrogen-bond donors (Lipinski definition) is 3. The molecule has 2 aromatic rings. The Kier molecular flexibility index (Phi) is 6.37. The SMILES string of the molecule is Cc1[nH]c(=S)[nH]c(=O)c1CCC(=O)N[C@@H](C)c1cc(F)c(Cl)cc1Cl. The maximum atomic E-state index is 13.6. The number of aryl methyl sites for hydroxylation is 1. The molecular weight excluding hydrogens is 388 g/mol. The lowest BCUT2D eigenvalue weighted by atomic mass is 10.1. The van der Waals surface area contributed by atoms with Gasteiger partial charge < -0.3 is 10.3 Å². The van der Waals surface area contributed by atoms with Gasteiger partial charge in [0.15, 0.2) is 4.77 Å². The molecule has 0 unspecified atom stereocenters. The van der Waals surface area contributed by atoms with Crippen LogP contribution in [0.2, 0.25) is 10.0 Å². The van der Waals surface area contributed by atoms with Gasteiger partial charge >= 0.3 is 0 Å². The fraction of sp³-hybridized carbons (Fsp3) is 0.312. The van der Waals surface area contributed by atoms with Crippen LogP contribution in [-0.4, -0.2) is 15.9 Å². The minimum atomic E-state index is -0.608. The maximum absolute atomic E-state index is 13.6. The Morgan fingerprint density at radius 1 is 1.32 bits per heavy atom. The highest BCUT2D eigenvalue weighted by Gasteiger charge is 2.16. The summed E-state index contributed by atoms with van der Waals surface area (Å²) >= 11 is 16.6. The third-order valence-electron chi connectivity index (χ3n) is 3.74. The van der Waals surface area contributed by atoms with Crippen molar-refractivity contribution in [1.82, 2.24) is 15.3 Å². The molecule has 0 bridgehead atoms. The van der Waals surface area contributed by atoms with E-state index in [9.17, 15) is 14.0 Å². The van der Waals surface area contributed by atoms with E-state index in [1.807, 2.05) is 0 Å². The van der Waals surface area contributed by atoms with E-state index in [1.54, 1.807) is 13.8 Å². The Morgan fingerprint density at radius 2 is 2.00 bits per heavy atom. The normalized spacial score (nSPS) is 12.0. The summed E-state index contributed by atoms with van der Waals surface area (Å²) in [6.45, 7) is 3.40. The number of halogens is 3. The number of aromatic amines is 2. The van der Waals surface area contributed by atoms with E-state index in [2.05, 4.69) is 15.3 Å². The molecule has 3 N–H and O–H groups in total. The number of H-pyrrole nitrogens is 2. The summed E-state index contributed by atoms with van der Waals surface area (Å²) in [5.74, 6) is -0.899. The van der Waals surface area contributed by atoms with E-state index in [4.69, 9.17) is 35.4 Å². The molecule has 134 valence electrons. The highest BCUT2D eigenvalue weighted by molar-refractivity contribution is 7.71. The van der Waals surface area contributed by atoms with Crippen molar-refractivity contribution in [2.75, 3.05) is 0 Å². The van der Waals surface area contributed by atoms with Crippen LogP contribution in [0.5, 0.6) is 0 Å². The number of carbonyl (C=O) groups excluding carboxylic acids is 1. The molecule has 0 aliphatic carbocycles. The Bertz CT molecular complexity index is 927. The third kappa shape index (κ3) is 4.90. The van der Waals surface area contributed by atoms with Crippen molar-refractivity contribution >= 4 is 41.3 Å². The summed E-state index contributed by atoms with van der Waals surface area (Å²) in [5.41, 5.74) is 1.20. The second-order valence-corrected chi connectivity index (χ2v) is 6.81. The fourth-order valence-corrected chi connectivity index (χ4v) is 3.22. The predicted molar refractivity (Wildman–Crippen MR) is 98.3 cm³/mol. The van der Waals surface area contributed by atoms with Crippen molar-refractivity contribution in [1.29, 1.82) is 0 Å². The fourth-order valence-electron chi connectivity index (χ4n) is 2.43. The quantitative estimate of drug-likeness (QED) is 0.521. The molecule has 9 heteroatoms. The second-order valence-electron chi connectivity index (χ2n) is 5.59. The van der Waals surface area contributed by atoms with Crippen molar-refractivity contribution in [3.8, 4) is 0 Å². The van der Waals surface area contributed by atoms with E-state index in [0.717, 1.165) is 0 Å². The first-order valence-electron chi connectivity index (χ1n) is 7.45. The molecular formula is C16H16Cl2FN3O2S. The van der Waals surface area contributed by atoms with Crippen LogP contribution in [0.4, 0.5) is 4.39 Å². The Balaban J connectivity index is 2.05. The second kappa shape index (κ2) is 8.12. The van der Waals surface area contributed by atoms with Gasteiger partial charge in [-0.25, -0.2) is 4.39 Å². The molecule has 1 atom stereocenters. The highest BCUT2D eigenvalue weighted by Crippen LogP contribution is 2.28. The number of carbonyl (C=O) groups is 1. The Labute approximate surface area is 158 Å². The van der Waals surface area contributed by atoms with Gasteiger partial charge in [-0.2, -0.15) is 0 Å². The van der Waals surface area contributed by atoms with Crippen LogP contribution in [0, 0.1) is 17.5 Å². The Hall–Kier alpha value is -1.70. The van der Waals surface area contributed by atoms with Crippen molar-refractivity contribution in [2.24, 2.45) is 0 Å². The lowest BCUT2D eigenvalue weighted by Gasteiger charge is -2.16. The zero-order valence-corrected chi connectivity index (χ0v) is 15.8. The van der Waals surface area contributed by atoms with Crippen LogP contribution >= 0.6 is 35.4 Å². The largest absolute Gasteiger partial charge is 0.350 e. The first-order valence-corrected chi connectivity index (χ1v) is 8.61. The number of nitrogens with one attached hydrogen (secondary N) is 3. The molecule has 0 aliphatic heterocycles. The van der Waals surface area contributed by atoms with Gasteiger partial charge in [0.1, 0.15) is 5.82 Å². The number of rotatable bonds is 5. The Morgan fingerprint density at radius 3 is 2.64 bits per heavy atom. The number of hydrogen-bond acceptors (Lipinski definition) is 3. The van der Waals surface area contributed by atoms with Crippen LogP contribution in [-0.2, 0) is 11.2 Å². The summed E-state index contributed by atoms with van der Waals surface area (Å²) in [4.78, 5) is 29.4. The van der Waals surface area contributed by atoms with E-state index >= 15 is 0 Å².